The van der Waals surface area contributed by atoms with Crippen molar-refractivity contribution in [3.05, 3.63) is 35.4 Å². The van der Waals surface area contributed by atoms with E-state index in [-0.39, 0.29) is 6.10 Å². The molecule has 3 atom stereocenters. The van der Waals surface area contributed by atoms with E-state index in [2.05, 4.69) is 11.8 Å². The van der Waals surface area contributed by atoms with Crippen LogP contribution in [0.2, 0.25) is 0 Å². The fraction of sp³-hybridized carbons (Fsp3) is 0.600. The van der Waals surface area contributed by atoms with E-state index < -0.39 is 17.7 Å². The second-order valence-electron chi connectivity index (χ2n) is 5.57. The highest BCUT2D eigenvalue weighted by atomic mass is 19.1. The number of hydrogen-bond donors (Lipinski definition) is 1. The molecule has 0 aromatic heterocycles. The fourth-order valence-corrected chi connectivity index (χ4v) is 2.75. The molecular weight excluding hydrogens is 262 g/mol. The highest BCUT2D eigenvalue weighted by Crippen LogP contribution is 2.22. The Bertz CT molecular complexity index is 455. The number of benzene rings is 1. The molecule has 0 radical (unpaired) electrons. The van der Waals surface area contributed by atoms with E-state index >= 15 is 0 Å². The van der Waals surface area contributed by atoms with Crippen LogP contribution in [0.4, 0.5) is 8.78 Å². The SMILES string of the molecule is COC1CN(CC(N)c2ccc(F)cc2F)CCC1C. The molecule has 0 saturated carbocycles. The normalized spacial score (nSPS) is 25.6. The molecule has 0 bridgehead atoms. The summed E-state index contributed by atoms with van der Waals surface area (Å²) in [5.41, 5.74) is 6.41. The van der Waals surface area contributed by atoms with E-state index in [0.717, 1.165) is 25.6 Å². The molecule has 3 nitrogen and oxygen atoms in total. The van der Waals surface area contributed by atoms with Crippen molar-refractivity contribution in [3.8, 4) is 0 Å². The number of rotatable bonds is 4. The Morgan fingerprint density at radius 2 is 2.20 bits per heavy atom. The molecule has 1 fully saturated rings. The average molecular weight is 284 g/mol. The molecule has 2 N–H and O–H groups in total. The van der Waals surface area contributed by atoms with Gasteiger partial charge in [-0.3, -0.25) is 4.90 Å². The van der Waals surface area contributed by atoms with Crippen LogP contribution in [0.25, 0.3) is 0 Å². The minimum absolute atomic E-state index is 0.189. The van der Waals surface area contributed by atoms with E-state index in [0.29, 0.717) is 18.0 Å². The van der Waals surface area contributed by atoms with E-state index in [1.54, 1.807) is 7.11 Å². The number of methoxy groups -OCH3 is 1. The molecule has 0 spiro atoms. The first-order valence-corrected chi connectivity index (χ1v) is 6.97. The van der Waals surface area contributed by atoms with Crippen LogP contribution < -0.4 is 5.73 Å². The van der Waals surface area contributed by atoms with Gasteiger partial charge in [-0.15, -0.1) is 0 Å². The molecule has 1 heterocycles. The lowest BCUT2D eigenvalue weighted by Gasteiger charge is -2.37. The first-order chi connectivity index (χ1) is 9.51. The van der Waals surface area contributed by atoms with Crippen LogP contribution in [-0.2, 0) is 4.74 Å². The molecule has 3 unspecified atom stereocenters. The monoisotopic (exact) mass is 284 g/mol. The molecule has 112 valence electrons. The maximum atomic E-state index is 13.7. The molecule has 0 amide bonds. The van der Waals surface area contributed by atoms with Gasteiger partial charge in [0.25, 0.3) is 0 Å². The van der Waals surface area contributed by atoms with Gasteiger partial charge in [-0.1, -0.05) is 13.0 Å². The summed E-state index contributed by atoms with van der Waals surface area (Å²) in [6, 6.07) is 3.09. The predicted molar refractivity (Wildman–Crippen MR) is 74.3 cm³/mol. The second-order valence-corrected chi connectivity index (χ2v) is 5.57. The van der Waals surface area contributed by atoms with Crippen LogP contribution in [0.15, 0.2) is 18.2 Å². The third-order valence-electron chi connectivity index (χ3n) is 4.09. The highest BCUT2D eigenvalue weighted by Gasteiger charge is 2.27. The van der Waals surface area contributed by atoms with Crippen molar-refractivity contribution in [1.82, 2.24) is 4.90 Å². The lowest BCUT2D eigenvalue weighted by molar-refractivity contribution is -0.00651. The molecule has 20 heavy (non-hydrogen) atoms. The summed E-state index contributed by atoms with van der Waals surface area (Å²) in [5.74, 6) is -0.633. The molecule has 1 saturated heterocycles. The van der Waals surface area contributed by atoms with Crippen molar-refractivity contribution >= 4 is 0 Å². The van der Waals surface area contributed by atoms with Gasteiger partial charge in [0.05, 0.1) is 6.10 Å². The van der Waals surface area contributed by atoms with Gasteiger partial charge in [-0.2, -0.15) is 0 Å². The first-order valence-electron chi connectivity index (χ1n) is 6.97. The number of likely N-dealkylation sites (tertiary alicyclic amines) is 1. The number of nitrogens with two attached hydrogens (primary N) is 1. The molecule has 1 aromatic rings. The van der Waals surface area contributed by atoms with E-state index in [1.807, 2.05) is 0 Å². The molecule has 1 aliphatic rings. The molecular formula is C15H22F2N2O. The Balaban J connectivity index is 1.99. The largest absolute Gasteiger partial charge is 0.380 e. The number of piperidine rings is 1. The smallest absolute Gasteiger partial charge is 0.130 e. The summed E-state index contributed by atoms with van der Waals surface area (Å²) >= 11 is 0. The van der Waals surface area contributed by atoms with Gasteiger partial charge in [0.1, 0.15) is 11.6 Å². The Kier molecular flexibility index (Phi) is 5.07. The molecule has 5 heteroatoms. The number of halogens is 2. The zero-order chi connectivity index (χ0) is 14.7. The van der Waals surface area contributed by atoms with Gasteiger partial charge < -0.3 is 10.5 Å². The minimum atomic E-state index is -0.579. The van der Waals surface area contributed by atoms with Crippen molar-refractivity contribution in [2.24, 2.45) is 11.7 Å². The maximum absolute atomic E-state index is 13.7. The van der Waals surface area contributed by atoms with Crippen LogP contribution in [0.5, 0.6) is 0 Å². The lowest BCUT2D eigenvalue weighted by atomic mass is 9.95. The standard InChI is InChI=1S/C15H22F2N2O/c1-10-5-6-19(9-15(10)20-2)8-14(18)12-4-3-11(16)7-13(12)17/h3-4,7,10,14-15H,5-6,8-9,18H2,1-2H3. The van der Waals surface area contributed by atoms with E-state index in [9.17, 15) is 8.78 Å². The van der Waals surface area contributed by atoms with E-state index in [4.69, 9.17) is 10.5 Å². The van der Waals surface area contributed by atoms with Crippen molar-refractivity contribution in [3.63, 3.8) is 0 Å². The predicted octanol–water partition coefficient (Wildman–Crippen LogP) is 2.32. The van der Waals surface area contributed by atoms with Gasteiger partial charge in [0.2, 0.25) is 0 Å². The van der Waals surface area contributed by atoms with Crippen molar-refractivity contribution < 1.29 is 13.5 Å². The third kappa shape index (κ3) is 3.53. The Morgan fingerprint density at radius 3 is 2.85 bits per heavy atom. The number of ether oxygens (including phenoxy) is 1. The van der Waals surface area contributed by atoms with Gasteiger partial charge in [-0.25, -0.2) is 8.78 Å². The zero-order valence-corrected chi connectivity index (χ0v) is 12.0. The third-order valence-corrected chi connectivity index (χ3v) is 4.09. The summed E-state index contributed by atoms with van der Waals surface area (Å²) in [5, 5.41) is 0. The van der Waals surface area contributed by atoms with Crippen LogP contribution >= 0.6 is 0 Å². The number of nitrogens with zero attached hydrogens (tertiary/aromatic N) is 1. The number of hydrogen-bond acceptors (Lipinski definition) is 3. The van der Waals surface area contributed by atoms with E-state index in [1.165, 1.54) is 12.1 Å². The Hall–Kier alpha value is -1.04. The van der Waals surface area contributed by atoms with Gasteiger partial charge >= 0.3 is 0 Å². The van der Waals surface area contributed by atoms with Crippen molar-refractivity contribution in [2.75, 3.05) is 26.7 Å². The second kappa shape index (κ2) is 6.61. The lowest BCUT2D eigenvalue weighted by Crippen LogP contribution is -2.46. The van der Waals surface area contributed by atoms with Gasteiger partial charge in [0.15, 0.2) is 0 Å². The summed E-state index contributed by atoms with van der Waals surface area (Å²) in [4.78, 5) is 2.18. The Morgan fingerprint density at radius 1 is 1.45 bits per heavy atom. The van der Waals surface area contributed by atoms with Crippen LogP contribution in [0, 0.1) is 17.6 Å². The van der Waals surface area contributed by atoms with Crippen LogP contribution in [0.1, 0.15) is 24.9 Å². The quantitative estimate of drug-likeness (QED) is 0.922. The summed E-state index contributed by atoms with van der Waals surface area (Å²) in [6.45, 7) is 4.45. The minimum Gasteiger partial charge on any atom is -0.380 e. The van der Waals surface area contributed by atoms with Crippen LogP contribution in [0.3, 0.4) is 0 Å². The molecule has 1 aromatic carbocycles. The zero-order valence-electron chi connectivity index (χ0n) is 12.0. The fourth-order valence-electron chi connectivity index (χ4n) is 2.75. The summed E-state index contributed by atoms with van der Waals surface area (Å²) < 4.78 is 32.1. The Labute approximate surface area is 118 Å². The first kappa shape index (κ1) is 15.4. The molecule has 0 aliphatic carbocycles. The maximum Gasteiger partial charge on any atom is 0.130 e. The summed E-state index contributed by atoms with van der Waals surface area (Å²) in [7, 11) is 1.71. The van der Waals surface area contributed by atoms with Crippen molar-refractivity contribution in [1.29, 1.82) is 0 Å². The van der Waals surface area contributed by atoms with Gasteiger partial charge in [0, 0.05) is 37.9 Å². The van der Waals surface area contributed by atoms with Crippen molar-refractivity contribution in [2.45, 2.75) is 25.5 Å². The topological polar surface area (TPSA) is 38.5 Å². The average Bonchev–Trinajstić information content (AvgIpc) is 2.40. The summed E-state index contributed by atoms with van der Waals surface area (Å²) in [6.07, 6.45) is 1.23. The van der Waals surface area contributed by atoms with Gasteiger partial charge in [-0.05, 0) is 24.9 Å². The molecule has 1 aliphatic heterocycles. The van der Waals surface area contributed by atoms with Crippen LogP contribution in [-0.4, -0.2) is 37.7 Å². The highest BCUT2D eigenvalue weighted by molar-refractivity contribution is 5.22. The molecule has 2 rings (SSSR count).